The van der Waals surface area contributed by atoms with Gasteiger partial charge in [-0.2, -0.15) is 5.26 Å². The molecule has 1 aliphatic rings. The molecule has 60 valence electrons. The first kappa shape index (κ1) is 8.06. The van der Waals surface area contributed by atoms with Crippen LogP contribution < -0.4 is 0 Å². The van der Waals surface area contributed by atoms with Crippen molar-refractivity contribution in [1.82, 2.24) is 4.90 Å². The fourth-order valence-electron chi connectivity index (χ4n) is 1.27. The lowest BCUT2D eigenvalue weighted by molar-refractivity contribution is -0.132. The van der Waals surface area contributed by atoms with Gasteiger partial charge in [0.05, 0.1) is 6.07 Å². The van der Waals surface area contributed by atoms with Gasteiger partial charge in [-0.15, -0.1) is 0 Å². The van der Waals surface area contributed by atoms with Gasteiger partial charge in [-0.3, -0.25) is 4.79 Å². The summed E-state index contributed by atoms with van der Waals surface area (Å²) >= 11 is 0. The summed E-state index contributed by atoms with van der Waals surface area (Å²) in [7, 11) is 0. The second kappa shape index (κ2) is 3.38. The first-order chi connectivity index (χ1) is 5.25. The average molecular weight is 152 g/mol. The fraction of sp³-hybridized carbons (Fsp3) is 0.750. The molecule has 0 bridgehead atoms. The van der Waals surface area contributed by atoms with Crippen LogP contribution >= 0.6 is 0 Å². The third-order valence-corrected chi connectivity index (χ3v) is 1.98. The molecule has 0 spiro atoms. The first-order valence-corrected chi connectivity index (χ1v) is 3.94. The van der Waals surface area contributed by atoms with Crippen molar-refractivity contribution in [2.24, 2.45) is 5.92 Å². The lowest BCUT2D eigenvalue weighted by Gasteiger charge is -2.15. The van der Waals surface area contributed by atoms with Crippen LogP contribution in [0.1, 0.15) is 19.8 Å². The summed E-state index contributed by atoms with van der Waals surface area (Å²) in [4.78, 5) is 13.1. The normalized spacial score (nSPS) is 19.5. The molecule has 0 aliphatic carbocycles. The van der Waals surface area contributed by atoms with E-state index in [0.29, 0.717) is 0 Å². The van der Waals surface area contributed by atoms with Gasteiger partial charge in [-0.25, -0.2) is 0 Å². The van der Waals surface area contributed by atoms with Gasteiger partial charge in [0.25, 0.3) is 0 Å². The van der Waals surface area contributed by atoms with Gasteiger partial charge in [0.15, 0.2) is 0 Å². The molecule has 0 saturated carbocycles. The van der Waals surface area contributed by atoms with Crippen molar-refractivity contribution in [2.75, 3.05) is 13.1 Å². The van der Waals surface area contributed by atoms with Gasteiger partial charge in [-0.05, 0) is 19.8 Å². The van der Waals surface area contributed by atoms with Gasteiger partial charge < -0.3 is 4.90 Å². The van der Waals surface area contributed by atoms with E-state index < -0.39 is 5.92 Å². The second-order valence-corrected chi connectivity index (χ2v) is 2.88. The molecule has 1 fully saturated rings. The molecule has 1 amide bonds. The summed E-state index contributed by atoms with van der Waals surface area (Å²) in [6, 6.07) is 1.95. The summed E-state index contributed by atoms with van der Waals surface area (Å²) in [6.07, 6.45) is 2.17. The van der Waals surface area contributed by atoms with Crippen LogP contribution in [-0.4, -0.2) is 23.9 Å². The highest BCUT2D eigenvalue weighted by molar-refractivity contribution is 5.80. The molecule has 0 aromatic rings. The minimum Gasteiger partial charge on any atom is -0.342 e. The van der Waals surface area contributed by atoms with Crippen molar-refractivity contribution >= 4 is 5.91 Å². The maximum Gasteiger partial charge on any atom is 0.239 e. The molecule has 1 heterocycles. The number of carbonyl (C=O) groups excluding carboxylic acids is 1. The number of nitriles is 1. The van der Waals surface area contributed by atoms with Crippen molar-refractivity contribution < 1.29 is 4.79 Å². The molecule has 1 aliphatic heterocycles. The monoisotopic (exact) mass is 152 g/mol. The Kier molecular flexibility index (Phi) is 2.48. The summed E-state index contributed by atoms with van der Waals surface area (Å²) in [5.74, 6) is -0.474. The molecule has 0 aromatic carbocycles. The molecule has 0 radical (unpaired) electrons. The average Bonchev–Trinajstić information content (AvgIpc) is 2.53. The lowest BCUT2D eigenvalue weighted by atomic mass is 10.2. The van der Waals surface area contributed by atoms with Crippen molar-refractivity contribution in [2.45, 2.75) is 19.8 Å². The first-order valence-electron chi connectivity index (χ1n) is 3.94. The van der Waals surface area contributed by atoms with Crippen molar-refractivity contribution in [3.8, 4) is 6.07 Å². The van der Waals surface area contributed by atoms with Crippen LogP contribution in [0.3, 0.4) is 0 Å². The van der Waals surface area contributed by atoms with E-state index in [2.05, 4.69) is 0 Å². The minimum absolute atomic E-state index is 0.00926. The number of amides is 1. The summed E-state index contributed by atoms with van der Waals surface area (Å²) in [5.41, 5.74) is 0. The summed E-state index contributed by atoms with van der Waals surface area (Å²) < 4.78 is 0. The molecule has 3 heteroatoms. The summed E-state index contributed by atoms with van der Waals surface area (Å²) in [5, 5.41) is 8.47. The van der Waals surface area contributed by atoms with Gasteiger partial charge >= 0.3 is 0 Å². The third kappa shape index (κ3) is 1.70. The maximum atomic E-state index is 11.3. The predicted octanol–water partition coefficient (Wildman–Crippen LogP) is 0.768. The SMILES string of the molecule is CC(C#N)C(=O)N1CCCC1. The molecule has 1 unspecified atom stereocenters. The smallest absolute Gasteiger partial charge is 0.239 e. The van der Waals surface area contributed by atoms with E-state index >= 15 is 0 Å². The van der Waals surface area contributed by atoms with E-state index in [1.807, 2.05) is 6.07 Å². The molecule has 1 rings (SSSR count). The zero-order chi connectivity index (χ0) is 8.27. The Morgan fingerprint density at radius 1 is 1.55 bits per heavy atom. The van der Waals surface area contributed by atoms with Gasteiger partial charge in [0.2, 0.25) is 5.91 Å². The molecule has 11 heavy (non-hydrogen) atoms. The number of rotatable bonds is 1. The van der Waals surface area contributed by atoms with E-state index in [0.717, 1.165) is 25.9 Å². The van der Waals surface area contributed by atoms with Crippen LogP contribution in [0.15, 0.2) is 0 Å². The van der Waals surface area contributed by atoms with Crippen LogP contribution in [0.25, 0.3) is 0 Å². The van der Waals surface area contributed by atoms with E-state index in [1.165, 1.54) is 0 Å². The Balaban J connectivity index is 2.47. The van der Waals surface area contributed by atoms with E-state index in [4.69, 9.17) is 5.26 Å². The number of hydrogen-bond acceptors (Lipinski definition) is 2. The Morgan fingerprint density at radius 3 is 2.55 bits per heavy atom. The van der Waals surface area contributed by atoms with Crippen molar-refractivity contribution in [3.05, 3.63) is 0 Å². The minimum atomic E-state index is -0.465. The molecular weight excluding hydrogens is 140 g/mol. The zero-order valence-electron chi connectivity index (χ0n) is 6.71. The highest BCUT2D eigenvalue weighted by Gasteiger charge is 2.22. The topological polar surface area (TPSA) is 44.1 Å². The summed E-state index contributed by atoms with van der Waals surface area (Å²) in [6.45, 7) is 3.33. The third-order valence-electron chi connectivity index (χ3n) is 1.98. The largest absolute Gasteiger partial charge is 0.342 e. The quantitative estimate of drug-likeness (QED) is 0.557. The van der Waals surface area contributed by atoms with Gasteiger partial charge in [0, 0.05) is 13.1 Å². The standard InChI is InChI=1S/C8H12N2O/c1-7(6-9)8(11)10-4-2-3-5-10/h7H,2-5H2,1H3. The number of hydrogen-bond donors (Lipinski definition) is 0. The Bertz CT molecular complexity index is 189. The zero-order valence-corrected chi connectivity index (χ0v) is 6.71. The van der Waals surface area contributed by atoms with Gasteiger partial charge in [-0.1, -0.05) is 0 Å². The number of carbonyl (C=O) groups is 1. The maximum absolute atomic E-state index is 11.3. The van der Waals surface area contributed by atoms with Crippen molar-refractivity contribution in [3.63, 3.8) is 0 Å². The predicted molar refractivity (Wildman–Crippen MR) is 40.6 cm³/mol. The number of likely N-dealkylation sites (tertiary alicyclic amines) is 1. The number of nitrogens with zero attached hydrogens (tertiary/aromatic N) is 2. The highest BCUT2D eigenvalue weighted by atomic mass is 16.2. The van der Waals surface area contributed by atoms with Crippen LogP contribution in [0.4, 0.5) is 0 Å². The molecule has 1 saturated heterocycles. The lowest BCUT2D eigenvalue weighted by Crippen LogP contribution is -2.31. The van der Waals surface area contributed by atoms with Gasteiger partial charge in [0.1, 0.15) is 5.92 Å². The molecule has 1 atom stereocenters. The highest BCUT2D eigenvalue weighted by Crippen LogP contribution is 2.10. The Hall–Kier alpha value is -1.04. The Morgan fingerprint density at radius 2 is 2.09 bits per heavy atom. The van der Waals surface area contributed by atoms with E-state index in [-0.39, 0.29) is 5.91 Å². The van der Waals surface area contributed by atoms with Crippen LogP contribution in [0, 0.1) is 17.2 Å². The Labute approximate surface area is 66.6 Å². The molecule has 0 N–H and O–H groups in total. The molecule has 3 nitrogen and oxygen atoms in total. The molecule has 0 aromatic heterocycles. The second-order valence-electron chi connectivity index (χ2n) is 2.88. The van der Waals surface area contributed by atoms with Crippen molar-refractivity contribution in [1.29, 1.82) is 5.26 Å². The molecular formula is C8H12N2O. The van der Waals surface area contributed by atoms with Crippen LogP contribution in [0.5, 0.6) is 0 Å². The van der Waals surface area contributed by atoms with Crippen LogP contribution in [-0.2, 0) is 4.79 Å². The van der Waals surface area contributed by atoms with Crippen LogP contribution in [0.2, 0.25) is 0 Å². The fourth-order valence-corrected chi connectivity index (χ4v) is 1.27. The van der Waals surface area contributed by atoms with E-state index in [9.17, 15) is 4.79 Å². The van der Waals surface area contributed by atoms with E-state index in [1.54, 1.807) is 11.8 Å².